The van der Waals surface area contributed by atoms with E-state index in [-0.39, 0.29) is 11.6 Å². The molecule has 1 saturated heterocycles. The first-order chi connectivity index (χ1) is 5.92. The molecule has 0 aromatic carbocycles. The van der Waals surface area contributed by atoms with Crippen molar-refractivity contribution in [2.45, 2.75) is 39.7 Å². The summed E-state index contributed by atoms with van der Waals surface area (Å²) in [6.07, 6.45) is 1.06. The zero-order chi connectivity index (χ0) is 10.3. The van der Waals surface area contributed by atoms with Crippen LogP contribution in [-0.4, -0.2) is 24.8 Å². The summed E-state index contributed by atoms with van der Waals surface area (Å²) in [6, 6.07) is 0. The third kappa shape index (κ3) is 11.4. The van der Waals surface area contributed by atoms with Gasteiger partial charge in [-0.1, -0.05) is 0 Å². The first-order valence-electron chi connectivity index (χ1n) is 4.36. The molecule has 1 aliphatic rings. The Morgan fingerprint density at radius 2 is 1.69 bits per heavy atom. The van der Waals surface area contributed by atoms with Gasteiger partial charge >= 0.3 is 5.97 Å². The van der Waals surface area contributed by atoms with Crippen LogP contribution in [0.5, 0.6) is 0 Å². The van der Waals surface area contributed by atoms with Gasteiger partial charge < -0.3 is 4.74 Å². The summed E-state index contributed by atoms with van der Waals surface area (Å²) in [7, 11) is 0. The molecule has 1 rings (SSSR count). The third-order valence-corrected chi connectivity index (χ3v) is 0.989. The molecule has 78 valence electrons. The van der Waals surface area contributed by atoms with Crippen molar-refractivity contribution in [3.8, 4) is 0 Å². The summed E-state index contributed by atoms with van der Waals surface area (Å²) >= 11 is 0. The quantitative estimate of drug-likeness (QED) is 0.430. The van der Waals surface area contributed by atoms with E-state index in [0.29, 0.717) is 0 Å². The lowest BCUT2D eigenvalue weighted by molar-refractivity contribution is -0.248. The Balaban J connectivity index is 0.000000243. The van der Waals surface area contributed by atoms with Crippen LogP contribution in [0.25, 0.3) is 0 Å². The number of ether oxygens (including phenoxy) is 1. The van der Waals surface area contributed by atoms with Crippen molar-refractivity contribution in [3.05, 3.63) is 0 Å². The molecule has 1 aliphatic heterocycles. The second-order valence-corrected chi connectivity index (χ2v) is 3.70. The van der Waals surface area contributed by atoms with Gasteiger partial charge in [0.1, 0.15) is 5.60 Å². The van der Waals surface area contributed by atoms with Gasteiger partial charge in [0.05, 0.1) is 13.2 Å². The molecule has 0 radical (unpaired) electrons. The Bertz CT molecular complexity index is 137. The molecule has 0 N–H and O–H groups in total. The van der Waals surface area contributed by atoms with E-state index in [0.717, 1.165) is 19.6 Å². The highest BCUT2D eigenvalue weighted by Crippen LogP contribution is 2.05. The molecule has 0 aromatic heterocycles. The highest BCUT2D eigenvalue weighted by atomic mass is 17.2. The van der Waals surface area contributed by atoms with E-state index in [1.807, 2.05) is 20.8 Å². The summed E-state index contributed by atoms with van der Waals surface area (Å²) in [5.41, 5.74) is -0.328. The third-order valence-electron chi connectivity index (χ3n) is 0.989. The molecule has 0 atom stereocenters. The van der Waals surface area contributed by atoms with Crippen molar-refractivity contribution >= 4 is 5.97 Å². The molecule has 0 aliphatic carbocycles. The normalized spacial score (nSPS) is 16.0. The zero-order valence-electron chi connectivity index (χ0n) is 8.75. The van der Waals surface area contributed by atoms with E-state index in [1.165, 1.54) is 6.92 Å². The monoisotopic (exact) mass is 190 g/mol. The summed E-state index contributed by atoms with van der Waals surface area (Å²) in [6.45, 7) is 8.49. The SMILES string of the molecule is C1COOC1.CC(=O)OC(C)(C)C. The summed E-state index contributed by atoms with van der Waals surface area (Å²) in [5, 5.41) is 0. The molecule has 0 amide bonds. The van der Waals surface area contributed by atoms with Gasteiger partial charge in [-0.2, -0.15) is 0 Å². The molecule has 0 saturated carbocycles. The lowest BCUT2D eigenvalue weighted by Gasteiger charge is -2.17. The van der Waals surface area contributed by atoms with Crippen molar-refractivity contribution in [2.24, 2.45) is 0 Å². The van der Waals surface area contributed by atoms with Crippen molar-refractivity contribution in [1.29, 1.82) is 0 Å². The number of rotatable bonds is 0. The molecule has 0 aromatic rings. The van der Waals surface area contributed by atoms with Gasteiger partial charge in [-0.05, 0) is 20.8 Å². The number of carbonyl (C=O) groups is 1. The number of hydrogen-bond donors (Lipinski definition) is 0. The molecule has 4 nitrogen and oxygen atoms in total. The molecular weight excluding hydrogens is 172 g/mol. The van der Waals surface area contributed by atoms with Crippen molar-refractivity contribution < 1.29 is 19.3 Å². The zero-order valence-corrected chi connectivity index (χ0v) is 8.75. The summed E-state index contributed by atoms with van der Waals surface area (Å²) < 4.78 is 4.80. The Kier molecular flexibility index (Phi) is 5.66. The first kappa shape index (κ1) is 12.4. The van der Waals surface area contributed by atoms with Gasteiger partial charge in [-0.3, -0.25) is 4.79 Å². The highest BCUT2D eigenvalue weighted by molar-refractivity contribution is 5.66. The second kappa shape index (κ2) is 5.94. The maximum atomic E-state index is 10.2. The number of esters is 1. The van der Waals surface area contributed by atoms with E-state index in [4.69, 9.17) is 4.74 Å². The van der Waals surface area contributed by atoms with Gasteiger partial charge in [0.25, 0.3) is 0 Å². The van der Waals surface area contributed by atoms with Crippen LogP contribution < -0.4 is 0 Å². The maximum Gasteiger partial charge on any atom is 0.303 e. The fourth-order valence-electron chi connectivity index (χ4n) is 0.726. The van der Waals surface area contributed by atoms with Crippen molar-refractivity contribution in [1.82, 2.24) is 0 Å². The minimum atomic E-state index is -0.328. The number of carbonyl (C=O) groups excluding carboxylic acids is 1. The number of hydrogen-bond acceptors (Lipinski definition) is 4. The van der Waals surface area contributed by atoms with Crippen LogP contribution in [0.1, 0.15) is 34.1 Å². The smallest absolute Gasteiger partial charge is 0.303 e. The average molecular weight is 190 g/mol. The van der Waals surface area contributed by atoms with Crippen molar-refractivity contribution in [3.63, 3.8) is 0 Å². The molecule has 0 unspecified atom stereocenters. The molecule has 0 spiro atoms. The first-order valence-corrected chi connectivity index (χ1v) is 4.36. The standard InChI is InChI=1S/C6H12O2.C3H6O2/c1-5(7)8-6(2,3)4;1-2-4-5-3-1/h1-4H3;1-3H2. The van der Waals surface area contributed by atoms with Crippen LogP contribution >= 0.6 is 0 Å². The van der Waals surface area contributed by atoms with E-state index >= 15 is 0 Å². The summed E-state index contributed by atoms with van der Waals surface area (Å²) in [5.74, 6) is -0.225. The van der Waals surface area contributed by atoms with Crippen LogP contribution in [0.4, 0.5) is 0 Å². The minimum Gasteiger partial charge on any atom is -0.460 e. The van der Waals surface area contributed by atoms with Gasteiger partial charge in [-0.25, -0.2) is 9.78 Å². The van der Waals surface area contributed by atoms with E-state index in [9.17, 15) is 4.79 Å². The van der Waals surface area contributed by atoms with Gasteiger partial charge in [0.2, 0.25) is 0 Å². The molecule has 4 heteroatoms. The Hall–Kier alpha value is -0.610. The van der Waals surface area contributed by atoms with Crippen LogP contribution in [0.15, 0.2) is 0 Å². The van der Waals surface area contributed by atoms with Crippen LogP contribution in [-0.2, 0) is 19.3 Å². The van der Waals surface area contributed by atoms with Gasteiger partial charge in [-0.15, -0.1) is 0 Å². The highest BCUT2D eigenvalue weighted by Gasteiger charge is 2.11. The molecular formula is C9H18O4. The predicted molar refractivity (Wildman–Crippen MR) is 48.0 cm³/mol. The fraction of sp³-hybridized carbons (Fsp3) is 0.889. The Morgan fingerprint density at radius 1 is 1.23 bits per heavy atom. The lowest BCUT2D eigenvalue weighted by atomic mass is 10.2. The van der Waals surface area contributed by atoms with Gasteiger partial charge in [0.15, 0.2) is 0 Å². The Morgan fingerprint density at radius 3 is 1.77 bits per heavy atom. The van der Waals surface area contributed by atoms with Crippen molar-refractivity contribution in [2.75, 3.05) is 13.2 Å². The summed E-state index contributed by atoms with van der Waals surface area (Å²) in [4.78, 5) is 19.1. The molecule has 1 fully saturated rings. The topological polar surface area (TPSA) is 44.8 Å². The molecule has 13 heavy (non-hydrogen) atoms. The van der Waals surface area contributed by atoms with Crippen LogP contribution in [0.3, 0.4) is 0 Å². The van der Waals surface area contributed by atoms with Gasteiger partial charge in [0, 0.05) is 13.3 Å². The van der Waals surface area contributed by atoms with Crippen LogP contribution in [0.2, 0.25) is 0 Å². The molecule has 1 heterocycles. The second-order valence-electron chi connectivity index (χ2n) is 3.70. The minimum absolute atomic E-state index is 0.225. The fourth-order valence-corrected chi connectivity index (χ4v) is 0.726. The van der Waals surface area contributed by atoms with E-state index < -0.39 is 0 Å². The van der Waals surface area contributed by atoms with E-state index in [2.05, 4.69) is 9.78 Å². The molecule has 0 bridgehead atoms. The largest absolute Gasteiger partial charge is 0.460 e. The lowest BCUT2D eigenvalue weighted by Crippen LogP contribution is -2.21. The average Bonchev–Trinajstić information content (AvgIpc) is 2.33. The Labute approximate surface area is 79.1 Å². The predicted octanol–water partition coefficient (Wildman–Crippen LogP) is 1.69. The van der Waals surface area contributed by atoms with E-state index in [1.54, 1.807) is 0 Å². The van der Waals surface area contributed by atoms with Crippen LogP contribution in [0, 0.1) is 0 Å². The maximum absolute atomic E-state index is 10.2.